The van der Waals surface area contributed by atoms with E-state index in [-0.39, 0.29) is 16.3 Å². The topological polar surface area (TPSA) is 20.2 Å². The van der Waals surface area contributed by atoms with Gasteiger partial charge in [0.05, 0.1) is 14.8 Å². The first kappa shape index (κ1) is 12.6. The molecule has 0 atom stereocenters. The van der Waals surface area contributed by atoms with Crippen LogP contribution in [0.2, 0.25) is 0 Å². The summed E-state index contributed by atoms with van der Waals surface area (Å²) in [6, 6.07) is 0. The number of aliphatic hydroxyl groups is 1. The summed E-state index contributed by atoms with van der Waals surface area (Å²) >= 11 is 0. The summed E-state index contributed by atoms with van der Waals surface area (Å²) in [4.78, 5) is 0. The second-order valence-corrected chi connectivity index (χ2v) is 4.11. The zero-order chi connectivity index (χ0) is 7.11. The molecule has 3 heteroatoms. The maximum atomic E-state index is 8.72. The second-order valence-electron chi connectivity index (χ2n) is 1.75. The van der Waals surface area contributed by atoms with Gasteiger partial charge in [0.2, 0.25) is 0 Å². The number of allylic oxidation sites excluding steroid dienone is 2. The molecule has 0 heterocycles. The Hall–Kier alpha value is -0.0651. The lowest BCUT2D eigenvalue weighted by Crippen LogP contribution is -1.88. The molecule has 0 unspecified atom stereocenters. The third-order valence-electron chi connectivity index (χ3n) is 0.975. The molecule has 0 aromatic carbocycles. The van der Waals surface area contributed by atoms with E-state index in [4.69, 9.17) is 5.11 Å². The van der Waals surface area contributed by atoms with Crippen LogP contribution in [0.15, 0.2) is 25.3 Å². The average molecular weight is 158 g/mol. The molecule has 0 fully saturated rings. The first-order chi connectivity index (χ1) is 4.35. The zero-order valence-electron chi connectivity index (χ0n) is 5.58. The van der Waals surface area contributed by atoms with Crippen LogP contribution in [0.4, 0.5) is 0 Å². The molecule has 0 aromatic heterocycles. The Kier molecular flexibility index (Phi) is 11.3. The van der Waals surface area contributed by atoms with E-state index in [9.17, 15) is 0 Å². The standard InChI is InChI=1S/C7H13OP.BH3/c1-3-5-9(7-8)6-4-2;/h3-4,8H,1-2,5-7H2;1H3. The van der Waals surface area contributed by atoms with E-state index in [0.717, 1.165) is 12.3 Å². The Balaban J connectivity index is 0. The normalized spacial score (nSPS) is 8.60. The Morgan fingerprint density at radius 1 is 1.20 bits per heavy atom. The van der Waals surface area contributed by atoms with E-state index >= 15 is 0 Å². The number of hydrogen-bond acceptors (Lipinski definition) is 1. The molecule has 0 aliphatic rings. The van der Waals surface area contributed by atoms with Crippen LogP contribution >= 0.6 is 7.92 Å². The quantitative estimate of drug-likeness (QED) is 0.353. The predicted octanol–water partition coefficient (Wildman–Crippen LogP) is 0.606. The van der Waals surface area contributed by atoms with Crippen LogP contribution in [-0.4, -0.2) is 32.2 Å². The minimum absolute atomic E-state index is 0. The van der Waals surface area contributed by atoms with Gasteiger partial charge in [-0.25, -0.2) is 0 Å². The summed E-state index contributed by atoms with van der Waals surface area (Å²) in [6.07, 6.45) is 5.89. The van der Waals surface area contributed by atoms with Crippen LogP contribution in [-0.2, 0) is 0 Å². The lowest BCUT2D eigenvalue weighted by atomic mass is 10.8. The molecule has 10 heavy (non-hydrogen) atoms. The van der Waals surface area contributed by atoms with Gasteiger partial charge in [0.25, 0.3) is 0 Å². The third-order valence-corrected chi connectivity index (χ3v) is 2.92. The molecule has 58 valence electrons. The number of hydrogen-bond donors (Lipinski definition) is 1. The van der Waals surface area contributed by atoms with Crippen molar-refractivity contribution in [1.29, 1.82) is 0 Å². The smallest absolute Gasteiger partial charge is 0.0814 e. The fraction of sp³-hybridized carbons (Fsp3) is 0.429. The molecule has 1 nitrogen and oxygen atoms in total. The molecule has 0 aromatic rings. The highest BCUT2D eigenvalue weighted by atomic mass is 31.1. The van der Waals surface area contributed by atoms with Gasteiger partial charge in [0.15, 0.2) is 0 Å². The number of rotatable bonds is 5. The van der Waals surface area contributed by atoms with Crippen molar-refractivity contribution in [2.45, 2.75) is 0 Å². The number of aliphatic hydroxyl groups excluding tert-OH is 1. The van der Waals surface area contributed by atoms with Crippen LogP contribution < -0.4 is 0 Å². The molecule has 0 rings (SSSR count). The van der Waals surface area contributed by atoms with Crippen LogP contribution in [0.25, 0.3) is 0 Å². The second kappa shape index (κ2) is 8.93. The van der Waals surface area contributed by atoms with Crippen LogP contribution in [0.5, 0.6) is 0 Å². The van der Waals surface area contributed by atoms with E-state index in [1.165, 1.54) is 0 Å². The lowest BCUT2D eigenvalue weighted by Gasteiger charge is -2.07. The highest BCUT2D eigenvalue weighted by Crippen LogP contribution is 2.33. The Labute approximate surface area is 66.2 Å². The molecule has 0 aliphatic heterocycles. The first-order valence-electron chi connectivity index (χ1n) is 2.90. The minimum Gasteiger partial charge on any atom is -0.392 e. The summed E-state index contributed by atoms with van der Waals surface area (Å²) in [5.41, 5.74) is 0. The van der Waals surface area contributed by atoms with E-state index in [1.54, 1.807) is 0 Å². The van der Waals surface area contributed by atoms with Gasteiger partial charge in [-0.1, -0.05) is 20.1 Å². The van der Waals surface area contributed by atoms with Crippen molar-refractivity contribution in [3.63, 3.8) is 0 Å². The predicted molar refractivity (Wildman–Crippen MR) is 54.1 cm³/mol. The molecule has 0 bridgehead atoms. The van der Waals surface area contributed by atoms with Gasteiger partial charge in [0.1, 0.15) is 0 Å². The first-order valence-corrected chi connectivity index (χ1v) is 4.80. The van der Waals surface area contributed by atoms with Crippen molar-refractivity contribution >= 4 is 16.3 Å². The molecule has 0 saturated heterocycles. The highest BCUT2D eigenvalue weighted by Gasteiger charge is 1.98. The average Bonchev–Trinajstić information content (AvgIpc) is 1.88. The molecule has 0 aliphatic carbocycles. The SMILES string of the molecule is B.C=CCP(CO)CC=C. The van der Waals surface area contributed by atoms with Crippen molar-refractivity contribution in [3.8, 4) is 0 Å². The Morgan fingerprint density at radius 2 is 1.60 bits per heavy atom. The maximum Gasteiger partial charge on any atom is 0.0814 e. The summed E-state index contributed by atoms with van der Waals surface area (Å²) < 4.78 is 0. The Morgan fingerprint density at radius 3 is 1.80 bits per heavy atom. The van der Waals surface area contributed by atoms with Crippen molar-refractivity contribution in [2.75, 3.05) is 18.7 Å². The summed E-state index contributed by atoms with van der Waals surface area (Å²) in [6.45, 7) is 7.20. The minimum atomic E-state index is -0.239. The summed E-state index contributed by atoms with van der Waals surface area (Å²) in [7, 11) is -0.239. The van der Waals surface area contributed by atoms with E-state index < -0.39 is 0 Å². The fourth-order valence-electron chi connectivity index (χ4n) is 0.555. The molecule has 0 saturated carbocycles. The van der Waals surface area contributed by atoms with Gasteiger partial charge in [-0.05, 0) is 12.3 Å². The largest absolute Gasteiger partial charge is 0.392 e. The molecular weight excluding hydrogens is 142 g/mol. The van der Waals surface area contributed by atoms with E-state index in [2.05, 4.69) is 13.2 Å². The molecule has 0 amide bonds. The van der Waals surface area contributed by atoms with E-state index in [0.29, 0.717) is 6.35 Å². The molecular formula is C7H16BOP. The van der Waals surface area contributed by atoms with Crippen molar-refractivity contribution in [1.82, 2.24) is 0 Å². The fourth-order valence-corrected chi connectivity index (χ4v) is 1.67. The maximum absolute atomic E-state index is 8.72. The van der Waals surface area contributed by atoms with Crippen LogP contribution in [0.1, 0.15) is 0 Å². The van der Waals surface area contributed by atoms with Gasteiger partial charge >= 0.3 is 0 Å². The molecule has 0 radical (unpaired) electrons. The van der Waals surface area contributed by atoms with Gasteiger partial charge in [-0.3, -0.25) is 0 Å². The van der Waals surface area contributed by atoms with Crippen molar-refractivity contribution < 1.29 is 5.11 Å². The van der Waals surface area contributed by atoms with Gasteiger partial charge in [-0.2, -0.15) is 0 Å². The van der Waals surface area contributed by atoms with Crippen LogP contribution in [0.3, 0.4) is 0 Å². The third kappa shape index (κ3) is 6.06. The molecule has 0 spiro atoms. The van der Waals surface area contributed by atoms with Crippen molar-refractivity contribution in [2.24, 2.45) is 0 Å². The zero-order valence-corrected chi connectivity index (χ0v) is 6.48. The van der Waals surface area contributed by atoms with Gasteiger partial charge < -0.3 is 5.11 Å². The Bertz CT molecular complexity index is 85.6. The highest BCUT2D eigenvalue weighted by molar-refractivity contribution is 7.57. The van der Waals surface area contributed by atoms with Gasteiger partial charge in [0, 0.05) is 0 Å². The lowest BCUT2D eigenvalue weighted by molar-refractivity contribution is 0.370. The van der Waals surface area contributed by atoms with Crippen LogP contribution in [0, 0.1) is 0 Å². The van der Waals surface area contributed by atoms with Crippen molar-refractivity contribution in [3.05, 3.63) is 25.3 Å². The molecule has 1 N–H and O–H groups in total. The summed E-state index contributed by atoms with van der Waals surface area (Å²) in [5, 5.41) is 8.72. The monoisotopic (exact) mass is 158 g/mol. The summed E-state index contributed by atoms with van der Waals surface area (Å²) in [5.74, 6) is 0. The van der Waals surface area contributed by atoms with E-state index in [1.807, 2.05) is 12.2 Å². The van der Waals surface area contributed by atoms with Gasteiger partial charge in [-0.15, -0.1) is 13.2 Å².